The first-order chi connectivity index (χ1) is 11.0. The van der Waals surface area contributed by atoms with Crippen LogP contribution in [-0.4, -0.2) is 60.5 Å². The van der Waals surface area contributed by atoms with E-state index in [1.54, 1.807) is 24.1 Å². The fraction of sp³-hybridized carbons (Fsp3) is 0.500. The first-order valence-electron chi connectivity index (χ1n) is 7.44. The minimum Gasteiger partial charge on any atom is -0.478 e. The highest BCUT2D eigenvalue weighted by Gasteiger charge is 2.39. The van der Waals surface area contributed by atoms with Crippen LogP contribution in [0.25, 0.3) is 0 Å². The molecule has 7 nitrogen and oxygen atoms in total. The molecule has 1 heterocycles. The number of aliphatic hydroxyl groups is 1. The van der Waals surface area contributed by atoms with Crippen LogP contribution in [0, 0.1) is 5.41 Å². The van der Waals surface area contributed by atoms with Crippen LogP contribution < -0.4 is 5.32 Å². The standard InChI is InChI=1S/C16H22N2O5/c1-23-11-16(10-19)5-6-18(9-16)15(22)17-8-12-3-2-4-13(7-12)14(20)21/h2-4,7,19H,5-6,8-11H2,1H3,(H,17,22)(H,20,21). The molecule has 1 aliphatic heterocycles. The Morgan fingerprint density at radius 2 is 2.22 bits per heavy atom. The number of methoxy groups -OCH3 is 1. The van der Waals surface area contributed by atoms with E-state index in [0.717, 1.165) is 5.56 Å². The highest BCUT2D eigenvalue weighted by molar-refractivity contribution is 5.87. The van der Waals surface area contributed by atoms with Crippen LogP contribution in [-0.2, 0) is 11.3 Å². The lowest BCUT2D eigenvalue weighted by Crippen LogP contribution is -2.41. The number of carboxylic acids is 1. The lowest BCUT2D eigenvalue weighted by atomic mass is 9.89. The summed E-state index contributed by atoms with van der Waals surface area (Å²) >= 11 is 0. The van der Waals surface area contributed by atoms with E-state index in [9.17, 15) is 14.7 Å². The summed E-state index contributed by atoms with van der Waals surface area (Å²) in [6.45, 7) is 1.65. The van der Waals surface area contributed by atoms with E-state index in [1.807, 2.05) is 0 Å². The van der Waals surface area contributed by atoms with E-state index in [0.29, 0.717) is 26.1 Å². The van der Waals surface area contributed by atoms with Gasteiger partial charge in [0.25, 0.3) is 0 Å². The molecular weight excluding hydrogens is 300 g/mol. The molecule has 1 atom stereocenters. The first-order valence-corrected chi connectivity index (χ1v) is 7.44. The number of aliphatic hydroxyl groups excluding tert-OH is 1. The number of benzene rings is 1. The van der Waals surface area contributed by atoms with Crippen LogP contribution in [0.15, 0.2) is 24.3 Å². The minimum atomic E-state index is -0.995. The Labute approximate surface area is 134 Å². The van der Waals surface area contributed by atoms with Gasteiger partial charge < -0.3 is 25.2 Å². The third-order valence-corrected chi connectivity index (χ3v) is 4.13. The average Bonchev–Trinajstić information content (AvgIpc) is 2.98. The summed E-state index contributed by atoms with van der Waals surface area (Å²) in [7, 11) is 1.58. The highest BCUT2D eigenvalue weighted by Crippen LogP contribution is 2.30. The lowest BCUT2D eigenvalue weighted by molar-refractivity contribution is 0.0379. The van der Waals surface area contributed by atoms with Gasteiger partial charge in [-0.2, -0.15) is 0 Å². The molecular formula is C16H22N2O5. The zero-order valence-corrected chi connectivity index (χ0v) is 13.1. The molecule has 1 aromatic carbocycles. The number of carboxylic acid groups (broad SMARTS) is 1. The molecule has 0 radical (unpaired) electrons. The Hall–Kier alpha value is -2.12. The van der Waals surface area contributed by atoms with Crippen molar-refractivity contribution in [2.45, 2.75) is 13.0 Å². The van der Waals surface area contributed by atoms with Gasteiger partial charge in [0.1, 0.15) is 0 Å². The lowest BCUT2D eigenvalue weighted by Gasteiger charge is -2.26. The van der Waals surface area contributed by atoms with E-state index in [1.165, 1.54) is 12.1 Å². The first kappa shape index (κ1) is 17.2. The number of hydrogen-bond donors (Lipinski definition) is 3. The number of rotatable bonds is 6. The number of carbonyl (C=O) groups excluding carboxylic acids is 1. The third-order valence-electron chi connectivity index (χ3n) is 4.13. The van der Waals surface area contributed by atoms with Crippen LogP contribution in [0.5, 0.6) is 0 Å². The molecule has 1 aliphatic rings. The van der Waals surface area contributed by atoms with Gasteiger partial charge in [-0.3, -0.25) is 0 Å². The zero-order chi connectivity index (χ0) is 16.9. The quantitative estimate of drug-likeness (QED) is 0.723. The van der Waals surface area contributed by atoms with Crippen LogP contribution in [0.3, 0.4) is 0 Å². The summed E-state index contributed by atoms with van der Waals surface area (Å²) in [5, 5.41) is 21.3. The Morgan fingerprint density at radius 3 is 2.87 bits per heavy atom. The second kappa shape index (κ2) is 7.43. The summed E-state index contributed by atoms with van der Waals surface area (Å²) in [6.07, 6.45) is 0.694. The van der Waals surface area contributed by atoms with Crippen molar-refractivity contribution in [3.8, 4) is 0 Å². The van der Waals surface area contributed by atoms with Gasteiger partial charge in [-0.15, -0.1) is 0 Å². The number of likely N-dealkylation sites (tertiary alicyclic amines) is 1. The van der Waals surface area contributed by atoms with E-state index in [-0.39, 0.29) is 24.7 Å². The maximum absolute atomic E-state index is 12.2. The highest BCUT2D eigenvalue weighted by atomic mass is 16.5. The van der Waals surface area contributed by atoms with Gasteiger partial charge in [0.15, 0.2) is 0 Å². The van der Waals surface area contributed by atoms with E-state index in [2.05, 4.69) is 5.32 Å². The predicted molar refractivity (Wildman–Crippen MR) is 83.2 cm³/mol. The number of ether oxygens (including phenoxy) is 1. The Kier molecular flexibility index (Phi) is 5.57. The maximum atomic E-state index is 12.2. The molecule has 7 heteroatoms. The summed E-state index contributed by atoms with van der Waals surface area (Å²) in [5.41, 5.74) is 0.523. The maximum Gasteiger partial charge on any atom is 0.335 e. The molecule has 1 aromatic rings. The normalized spacial score (nSPS) is 20.5. The van der Waals surface area contributed by atoms with Crippen molar-refractivity contribution in [1.29, 1.82) is 0 Å². The topological polar surface area (TPSA) is 99.1 Å². The van der Waals surface area contributed by atoms with Gasteiger partial charge in [0.05, 0.1) is 18.8 Å². The molecule has 2 rings (SSSR count). The van der Waals surface area contributed by atoms with Gasteiger partial charge in [-0.1, -0.05) is 12.1 Å². The van der Waals surface area contributed by atoms with E-state index < -0.39 is 11.4 Å². The van der Waals surface area contributed by atoms with Gasteiger partial charge in [-0.05, 0) is 24.1 Å². The molecule has 0 bridgehead atoms. The van der Waals surface area contributed by atoms with Gasteiger partial charge >= 0.3 is 12.0 Å². The number of amides is 2. The summed E-state index contributed by atoms with van der Waals surface area (Å²) in [5.74, 6) is -0.995. The number of carbonyl (C=O) groups is 2. The molecule has 0 aliphatic carbocycles. The fourth-order valence-electron chi connectivity index (χ4n) is 2.81. The summed E-state index contributed by atoms with van der Waals surface area (Å²) in [6, 6.07) is 6.23. The molecule has 0 saturated carbocycles. The molecule has 2 amide bonds. The third kappa shape index (κ3) is 4.20. The van der Waals surface area contributed by atoms with Crippen molar-refractivity contribution in [1.82, 2.24) is 10.2 Å². The molecule has 0 aromatic heterocycles. The Bertz CT molecular complexity index is 577. The molecule has 23 heavy (non-hydrogen) atoms. The van der Waals surface area contributed by atoms with Crippen molar-refractivity contribution < 1.29 is 24.5 Å². The number of nitrogens with one attached hydrogen (secondary N) is 1. The van der Waals surface area contributed by atoms with Crippen LogP contribution in [0.1, 0.15) is 22.3 Å². The van der Waals surface area contributed by atoms with Crippen LogP contribution >= 0.6 is 0 Å². The smallest absolute Gasteiger partial charge is 0.335 e. The number of aromatic carboxylic acids is 1. The van der Waals surface area contributed by atoms with Gasteiger partial charge in [0, 0.05) is 32.2 Å². The Balaban J connectivity index is 1.91. The Morgan fingerprint density at radius 1 is 1.43 bits per heavy atom. The van der Waals surface area contributed by atoms with Gasteiger partial charge in [0.2, 0.25) is 0 Å². The van der Waals surface area contributed by atoms with Crippen molar-refractivity contribution in [2.24, 2.45) is 5.41 Å². The molecule has 0 spiro atoms. The zero-order valence-electron chi connectivity index (χ0n) is 13.1. The van der Waals surface area contributed by atoms with Crippen molar-refractivity contribution in [3.63, 3.8) is 0 Å². The largest absolute Gasteiger partial charge is 0.478 e. The number of hydrogen-bond acceptors (Lipinski definition) is 4. The SMILES string of the molecule is COCC1(CO)CCN(C(=O)NCc2cccc(C(=O)O)c2)C1. The predicted octanol–water partition coefficient (Wildman–Crippen LogP) is 0.925. The molecule has 1 saturated heterocycles. The summed E-state index contributed by atoms with van der Waals surface area (Å²) < 4.78 is 5.14. The van der Waals surface area contributed by atoms with Crippen molar-refractivity contribution in [3.05, 3.63) is 35.4 Å². The molecule has 126 valence electrons. The number of nitrogens with zero attached hydrogens (tertiary/aromatic N) is 1. The summed E-state index contributed by atoms with van der Waals surface area (Å²) in [4.78, 5) is 24.8. The van der Waals surface area contributed by atoms with Gasteiger partial charge in [-0.25, -0.2) is 9.59 Å². The van der Waals surface area contributed by atoms with Crippen molar-refractivity contribution in [2.75, 3.05) is 33.4 Å². The second-order valence-electron chi connectivity index (χ2n) is 5.93. The van der Waals surface area contributed by atoms with Crippen molar-refractivity contribution >= 4 is 12.0 Å². The second-order valence-corrected chi connectivity index (χ2v) is 5.93. The molecule has 1 unspecified atom stereocenters. The number of urea groups is 1. The monoisotopic (exact) mass is 322 g/mol. The minimum absolute atomic E-state index is 0.0225. The average molecular weight is 322 g/mol. The van der Waals surface area contributed by atoms with Crippen LogP contribution in [0.2, 0.25) is 0 Å². The van der Waals surface area contributed by atoms with E-state index >= 15 is 0 Å². The van der Waals surface area contributed by atoms with Crippen LogP contribution in [0.4, 0.5) is 4.79 Å². The molecule has 3 N–H and O–H groups in total. The molecule has 1 fully saturated rings. The van der Waals surface area contributed by atoms with E-state index in [4.69, 9.17) is 9.84 Å². The fourth-order valence-corrected chi connectivity index (χ4v) is 2.81.